The first kappa shape index (κ1) is 11.0. The van der Waals surface area contributed by atoms with Crippen LogP contribution < -0.4 is 16.2 Å². The van der Waals surface area contributed by atoms with Crippen LogP contribution in [0.15, 0.2) is 24.5 Å². The van der Waals surface area contributed by atoms with Crippen LogP contribution >= 0.6 is 0 Å². The second-order valence-electron chi connectivity index (χ2n) is 2.72. The van der Waals surface area contributed by atoms with E-state index in [0.717, 1.165) is 0 Å². The second kappa shape index (κ2) is 5.58. The van der Waals surface area contributed by atoms with Gasteiger partial charge in [-0.05, 0) is 12.1 Å². The first-order valence-electron chi connectivity index (χ1n) is 4.48. The normalized spacial score (nSPS) is 9.13. The predicted octanol–water partition coefficient (Wildman–Crippen LogP) is 0.644. The van der Waals surface area contributed by atoms with Crippen LogP contribution in [-0.4, -0.2) is 16.9 Å². The van der Waals surface area contributed by atoms with Gasteiger partial charge < -0.3 is 5.32 Å². The molecule has 0 spiro atoms. The smallest absolute Gasteiger partial charge is 0.305 e. The fraction of sp³-hybridized carbons (Fsp3) is 0.222. The molecule has 3 N–H and O–H groups in total. The molecule has 0 aliphatic carbocycles. The zero-order chi connectivity index (χ0) is 11.1. The number of carbonyl (C=O) groups is 2. The number of pyridine rings is 1. The van der Waals surface area contributed by atoms with Gasteiger partial charge in [-0.1, -0.05) is 6.92 Å². The monoisotopic (exact) mass is 208 g/mol. The zero-order valence-corrected chi connectivity index (χ0v) is 8.28. The van der Waals surface area contributed by atoms with Gasteiger partial charge in [0, 0.05) is 12.6 Å². The van der Waals surface area contributed by atoms with Crippen LogP contribution in [0.3, 0.4) is 0 Å². The summed E-state index contributed by atoms with van der Waals surface area (Å²) in [6.45, 7) is 1.69. The number of hydrogen-bond donors (Lipinski definition) is 3. The largest absolute Gasteiger partial charge is 0.337 e. The molecule has 0 saturated carbocycles. The van der Waals surface area contributed by atoms with Crippen molar-refractivity contribution in [3.8, 4) is 0 Å². The minimum absolute atomic E-state index is 0.253. The maximum Gasteiger partial charge on any atom is 0.337 e. The number of amides is 3. The summed E-state index contributed by atoms with van der Waals surface area (Å²) in [5.74, 6) is -0.253. The van der Waals surface area contributed by atoms with Crippen molar-refractivity contribution in [2.45, 2.75) is 13.3 Å². The Morgan fingerprint density at radius 1 is 1.40 bits per heavy atom. The Kier molecular flexibility index (Phi) is 4.08. The number of hydrazine groups is 1. The molecule has 0 aromatic carbocycles. The quantitative estimate of drug-likeness (QED) is 0.624. The van der Waals surface area contributed by atoms with Crippen LogP contribution in [0.5, 0.6) is 0 Å². The second-order valence-corrected chi connectivity index (χ2v) is 2.72. The Labute approximate surface area is 87.1 Å². The number of anilines is 1. The van der Waals surface area contributed by atoms with Gasteiger partial charge >= 0.3 is 6.03 Å². The molecule has 1 rings (SSSR count). The van der Waals surface area contributed by atoms with E-state index in [1.165, 1.54) is 6.20 Å². The van der Waals surface area contributed by atoms with E-state index >= 15 is 0 Å². The highest BCUT2D eigenvalue weighted by Crippen LogP contribution is 2.01. The number of nitrogens with zero attached hydrogens (tertiary/aromatic N) is 1. The van der Waals surface area contributed by atoms with Crippen molar-refractivity contribution in [2.24, 2.45) is 0 Å². The van der Waals surface area contributed by atoms with Gasteiger partial charge in [0.1, 0.15) is 0 Å². The highest BCUT2D eigenvalue weighted by atomic mass is 16.2. The zero-order valence-electron chi connectivity index (χ0n) is 8.28. The third kappa shape index (κ3) is 4.08. The van der Waals surface area contributed by atoms with Crippen molar-refractivity contribution in [1.29, 1.82) is 0 Å². The summed E-state index contributed by atoms with van der Waals surface area (Å²) in [6.07, 6.45) is 3.41. The lowest BCUT2D eigenvalue weighted by molar-refractivity contribution is -0.121. The van der Waals surface area contributed by atoms with Gasteiger partial charge in [0.25, 0.3) is 0 Å². The van der Waals surface area contributed by atoms with E-state index in [1.54, 1.807) is 25.3 Å². The Hall–Kier alpha value is -2.11. The highest BCUT2D eigenvalue weighted by molar-refractivity contribution is 5.90. The summed E-state index contributed by atoms with van der Waals surface area (Å²) in [5, 5.41) is 2.49. The van der Waals surface area contributed by atoms with Crippen molar-refractivity contribution in [3.05, 3.63) is 24.5 Å². The number of carbonyl (C=O) groups excluding carboxylic acids is 2. The van der Waals surface area contributed by atoms with Gasteiger partial charge in [-0.3, -0.25) is 15.2 Å². The summed E-state index contributed by atoms with van der Waals surface area (Å²) in [7, 11) is 0. The molecule has 1 heterocycles. The Morgan fingerprint density at radius 2 is 2.20 bits per heavy atom. The average Bonchev–Trinajstić information content (AvgIpc) is 2.27. The lowest BCUT2D eigenvalue weighted by Gasteiger charge is -2.07. The lowest BCUT2D eigenvalue weighted by atomic mass is 10.4. The molecule has 3 amide bonds. The van der Waals surface area contributed by atoms with Crippen LogP contribution in [0, 0.1) is 0 Å². The number of urea groups is 1. The minimum Gasteiger partial charge on any atom is -0.305 e. The van der Waals surface area contributed by atoms with Gasteiger partial charge in [-0.25, -0.2) is 10.2 Å². The summed E-state index contributed by atoms with van der Waals surface area (Å²) in [6, 6.07) is 2.87. The van der Waals surface area contributed by atoms with E-state index in [2.05, 4.69) is 21.2 Å². The molecule has 6 heteroatoms. The third-order valence-corrected chi connectivity index (χ3v) is 1.56. The molecular formula is C9H12N4O2. The van der Waals surface area contributed by atoms with Crippen molar-refractivity contribution in [2.75, 3.05) is 5.32 Å². The molecule has 0 saturated heterocycles. The molecule has 6 nitrogen and oxygen atoms in total. The molecule has 0 unspecified atom stereocenters. The maximum atomic E-state index is 11.2. The van der Waals surface area contributed by atoms with Crippen molar-refractivity contribution in [3.63, 3.8) is 0 Å². The fourth-order valence-corrected chi connectivity index (χ4v) is 0.814. The van der Waals surface area contributed by atoms with Crippen molar-refractivity contribution < 1.29 is 9.59 Å². The van der Waals surface area contributed by atoms with Gasteiger partial charge in [0.15, 0.2) is 0 Å². The van der Waals surface area contributed by atoms with Gasteiger partial charge in [-0.15, -0.1) is 0 Å². The number of aromatic nitrogens is 1. The summed E-state index contributed by atoms with van der Waals surface area (Å²) in [5.41, 5.74) is 4.99. The molecule has 0 aliphatic heterocycles. The number of nitrogens with one attached hydrogen (secondary N) is 3. The molecule has 80 valence electrons. The molecule has 15 heavy (non-hydrogen) atoms. The van der Waals surface area contributed by atoms with Gasteiger partial charge in [0.2, 0.25) is 5.91 Å². The lowest BCUT2D eigenvalue weighted by Crippen LogP contribution is -2.43. The SMILES string of the molecule is CCC(=O)NNC(=O)Nc1cccnc1. The van der Waals surface area contributed by atoms with E-state index in [-0.39, 0.29) is 5.91 Å². The standard InChI is InChI=1S/C9H12N4O2/c1-2-8(14)12-13-9(15)11-7-4-3-5-10-6-7/h3-6H,2H2,1H3,(H,12,14)(H2,11,13,15). The molecule has 1 aromatic heterocycles. The van der Waals surface area contributed by atoms with Crippen molar-refractivity contribution >= 4 is 17.6 Å². The van der Waals surface area contributed by atoms with Crippen molar-refractivity contribution in [1.82, 2.24) is 15.8 Å². The highest BCUT2D eigenvalue weighted by Gasteiger charge is 2.01. The van der Waals surface area contributed by atoms with E-state index in [9.17, 15) is 9.59 Å². The van der Waals surface area contributed by atoms with Crippen LogP contribution in [0.2, 0.25) is 0 Å². The Bertz CT molecular complexity index is 339. The molecule has 0 fully saturated rings. The molecule has 0 atom stereocenters. The Morgan fingerprint density at radius 3 is 2.80 bits per heavy atom. The number of rotatable bonds is 2. The topological polar surface area (TPSA) is 83.1 Å². The van der Waals surface area contributed by atoms with E-state index < -0.39 is 6.03 Å². The van der Waals surface area contributed by atoms with Gasteiger partial charge in [0.05, 0.1) is 11.9 Å². The first-order chi connectivity index (χ1) is 7.22. The van der Waals surface area contributed by atoms with Crippen LogP contribution in [-0.2, 0) is 4.79 Å². The third-order valence-electron chi connectivity index (χ3n) is 1.56. The molecule has 0 aliphatic rings. The molecule has 0 radical (unpaired) electrons. The predicted molar refractivity (Wildman–Crippen MR) is 54.8 cm³/mol. The van der Waals surface area contributed by atoms with Crippen LogP contribution in [0.1, 0.15) is 13.3 Å². The fourth-order valence-electron chi connectivity index (χ4n) is 0.814. The van der Waals surface area contributed by atoms with E-state index in [1.807, 2.05) is 0 Å². The van der Waals surface area contributed by atoms with E-state index in [4.69, 9.17) is 0 Å². The molecular weight excluding hydrogens is 196 g/mol. The van der Waals surface area contributed by atoms with E-state index in [0.29, 0.717) is 12.1 Å². The van der Waals surface area contributed by atoms with Crippen LogP contribution in [0.25, 0.3) is 0 Å². The number of hydrogen-bond acceptors (Lipinski definition) is 3. The average molecular weight is 208 g/mol. The maximum absolute atomic E-state index is 11.2. The van der Waals surface area contributed by atoms with Crippen LogP contribution in [0.4, 0.5) is 10.5 Å². The first-order valence-corrected chi connectivity index (χ1v) is 4.48. The Balaban J connectivity index is 2.34. The summed E-state index contributed by atoms with van der Waals surface area (Å²) < 4.78 is 0. The van der Waals surface area contributed by atoms with Gasteiger partial charge in [-0.2, -0.15) is 0 Å². The minimum atomic E-state index is -0.509. The summed E-state index contributed by atoms with van der Waals surface area (Å²) in [4.78, 5) is 25.8. The molecule has 0 bridgehead atoms. The molecule has 1 aromatic rings. The summed E-state index contributed by atoms with van der Waals surface area (Å²) >= 11 is 0.